The molecule has 2 amide bonds. The summed E-state index contributed by atoms with van der Waals surface area (Å²) < 4.78 is 17.1. The van der Waals surface area contributed by atoms with Crippen LogP contribution >= 0.6 is 0 Å². The topological polar surface area (TPSA) is 68.8 Å². The van der Waals surface area contributed by atoms with Gasteiger partial charge in [-0.1, -0.05) is 60.7 Å². The molecule has 0 aliphatic carbocycles. The van der Waals surface area contributed by atoms with E-state index in [2.05, 4.69) is 22.8 Å². The second-order valence-corrected chi connectivity index (χ2v) is 9.00. The van der Waals surface area contributed by atoms with Crippen molar-refractivity contribution in [2.45, 2.75) is 13.3 Å². The van der Waals surface area contributed by atoms with Crippen LogP contribution < -0.4 is 24.8 Å². The van der Waals surface area contributed by atoms with Crippen LogP contribution in [0.4, 0.5) is 16.2 Å². The van der Waals surface area contributed by atoms with E-state index in [9.17, 15) is 4.79 Å². The number of hydrogen-bond acceptors (Lipinski definition) is 4. The van der Waals surface area contributed by atoms with Crippen molar-refractivity contribution in [3.63, 3.8) is 0 Å². The zero-order chi connectivity index (χ0) is 26.5. The number of anilines is 2. The van der Waals surface area contributed by atoms with E-state index in [-0.39, 0.29) is 6.03 Å². The van der Waals surface area contributed by atoms with E-state index in [0.717, 1.165) is 49.9 Å². The Labute approximate surface area is 222 Å². The Morgan fingerprint density at radius 2 is 1.42 bits per heavy atom. The number of aryl methyl sites for hydroxylation is 1. The van der Waals surface area contributed by atoms with Crippen LogP contribution in [0.1, 0.15) is 11.1 Å². The highest BCUT2D eigenvalue weighted by molar-refractivity contribution is 6.08. The molecule has 0 saturated heterocycles. The van der Waals surface area contributed by atoms with Gasteiger partial charge in [0.15, 0.2) is 11.5 Å². The lowest BCUT2D eigenvalue weighted by Gasteiger charge is -2.16. The lowest BCUT2D eigenvalue weighted by molar-refractivity contribution is 0.262. The Morgan fingerprint density at radius 1 is 0.711 bits per heavy atom. The molecule has 0 heterocycles. The Balaban J connectivity index is 1.31. The van der Waals surface area contributed by atoms with Crippen LogP contribution in [0.25, 0.3) is 21.5 Å². The quantitative estimate of drug-likeness (QED) is 0.228. The van der Waals surface area contributed by atoms with Crippen molar-refractivity contribution < 1.29 is 19.0 Å². The standard InChI is InChI=1S/C32H30N2O4/c1-21-19-23-9-4-5-10-24(23)20-28(21)34-32(35)33-27-15-16-29(26-13-7-6-12-25(26)27)38-18-17-22-11-8-14-30(36-2)31(22)37-3/h4-16,19-20H,17-18H2,1-3H3,(H2,33,34,35). The molecule has 0 atom stereocenters. The molecular formula is C32H30N2O4. The molecule has 0 bridgehead atoms. The Kier molecular flexibility index (Phi) is 7.31. The number of nitrogens with one attached hydrogen (secondary N) is 2. The van der Waals surface area contributed by atoms with E-state index in [1.807, 2.05) is 85.8 Å². The third kappa shape index (κ3) is 5.20. The van der Waals surface area contributed by atoms with Crippen LogP contribution in [-0.4, -0.2) is 26.9 Å². The number of carbonyl (C=O) groups excluding carboxylic acids is 1. The number of benzene rings is 5. The monoisotopic (exact) mass is 506 g/mol. The molecule has 0 spiro atoms. The van der Waals surface area contributed by atoms with Crippen LogP contribution in [0.2, 0.25) is 0 Å². The van der Waals surface area contributed by atoms with Gasteiger partial charge in [0.1, 0.15) is 5.75 Å². The van der Waals surface area contributed by atoms with Crippen LogP contribution in [0.3, 0.4) is 0 Å². The summed E-state index contributed by atoms with van der Waals surface area (Å²) in [5.41, 5.74) is 3.49. The molecule has 0 aliphatic rings. The fraction of sp³-hybridized carbons (Fsp3) is 0.156. The predicted molar refractivity (Wildman–Crippen MR) is 154 cm³/mol. The Morgan fingerprint density at radius 3 is 2.18 bits per heavy atom. The molecule has 192 valence electrons. The fourth-order valence-corrected chi connectivity index (χ4v) is 4.69. The molecule has 6 nitrogen and oxygen atoms in total. The van der Waals surface area contributed by atoms with Crippen LogP contribution in [-0.2, 0) is 6.42 Å². The van der Waals surface area contributed by atoms with Crippen molar-refractivity contribution in [3.05, 3.63) is 102 Å². The maximum atomic E-state index is 13.0. The van der Waals surface area contributed by atoms with Crippen molar-refractivity contribution in [2.75, 3.05) is 31.5 Å². The zero-order valence-corrected chi connectivity index (χ0v) is 21.7. The molecule has 0 aliphatic heterocycles. The minimum Gasteiger partial charge on any atom is -0.493 e. The third-order valence-corrected chi connectivity index (χ3v) is 6.59. The summed E-state index contributed by atoms with van der Waals surface area (Å²) in [5.74, 6) is 2.16. The highest BCUT2D eigenvalue weighted by Gasteiger charge is 2.13. The van der Waals surface area contributed by atoms with E-state index in [1.165, 1.54) is 0 Å². The lowest BCUT2D eigenvalue weighted by Crippen LogP contribution is -2.20. The second kappa shape index (κ2) is 11.1. The molecule has 2 N–H and O–H groups in total. The second-order valence-electron chi connectivity index (χ2n) is 9.00. The van der Waals surface area contributed by atoms with E-state index in [0.29, 0.717) is 24.5 Å². The highest BCUT2D eigenvalue weighted by atomic mass is 16.5. The van der Waals surface area contributed by atoms with Gasteiger partial charge in [-0.15, -0.1) is 0 Å². The molecule has 38 heavy (non-hydrogen) atoms. The first-order chi connectivity index (χ1) is 18.6. The van der Waals surface area contributed by atoms with Gasteiger partial charge >= 0.3 is 6.03 Å². The molecule has 0 saturated carbocycles. The van der Waals surface area contributed by atoms with Gasteiger partial charge in [-0.2, -0.15) is 0 Å². The van der Waals surface area contributed by atoms with Gasteiger partial charge in [0, 0.05) is 28.4 Å². The largest absolute Gasteiger partial charge is 0.493 e. The number of amides is 2. The molecule has 0 fully saturated rings. The molecule has 6 heteroatoms. The molecule has 0 radical (unpaired) electrons. The van der Waals surface area contributed by atoms with Crippen molar-refractivity contribution >= 4 is 39.0 Å². The summed E-state index contributed by atoms with van der Waals surface area (Å²) in [4.78, 5) is 13.0. The summed E-state index contributed by atoms with van der Waals surface area (Å²) in [6.45, 7) is 2.45. The predicted octanol–water partition coefficient (Wildman–Crippen LogP) is 7.58. The smallest absolute Gasteiger partial charge is 0.323 e. The summed E-state index contributed by atoms with van der Waals surface area (Å²) in [7, 11) is 3.27. The third-order valence-electron chi connectivity index (χ3n) is 6.59. The lowest BCUT2D eigenvalue weighted by atomic mass is 10.1. The van der Waals surface area contributed by atoms with Gasteiger partial charge in [-0.05, 0) is 53.6 Å². The van der Waals surface area contributed by atoms with Gasteiger partial charge in [-0.25, -0.2) is 4.79 Å². The van der Waals surface area contributed by atoms with Gasteiger partial charge in [-0.3, -0.25) is 0 Å². The number of urea groups is 1. The summed E-state index contributed by atoms with van der Waals surface area (Å²) >= 11 is 0. The molecule has 5 aromatic rings. The molecule has 0 unspecified atom stereocenters. The van der Waals surface area contributed by atoms with E-state index in [1.54, 1.807) is 14.2 Å². The normalized spacial score (nSPS) is 10.8. The van der Waals surface area contributed by atoms with Crippen LogP contribution in [0.5, 0.6) is 17.2 Å². The number of carbonyl (C=O) groups is 1. The Hall–Kier alpha value is -4.71. The average Bonchev–Trinajstić information content (AvgIpc) is 2.94. The zero-order valence-electron chi connectivity index (χ0n) is 21.7. The maximum Gasteiger partial charge on any atom is 0.323 e. The molecule has 5 rings (SSSR count). The van der Waals surface area contributed by atoms with Gasteiger partial charge in [0.05, 0.1) is 26.5 Å². The first-order valence-corrected chi connectivity index (χ1v) is 12.5. The van der Waals surface area contributed by atoms with Crippen molar-refractivity contribution in [3.8, 4) is 17.2 Å². The maximum absolute atomic E-state index is 13.0. The van der Waals surface area contributed by atoms with Gasteiger partial charge < -0.3 is 24.8 Å². The minimum absolute atomic E-state index is 0.299. The van der Waals surface area contributed by atoms with Crippen molar-refractivity contribution in [2.24, 2.45) is 0 Å². The van der Waals surface area contributed by atoms with E-state index >= 15 is 0 Å². The fourth-order valence-electron chi connectivity index (χ4n) is 4.69. The van der Waals surface area contributed by atoms with Gasteiger partial charge in [0.2, 0.25) is 0 Å². The average molecular weight is 507 g/mol. The molecule has 0 aromatic heterocycles. The summed E-state index contributed by atoms with van der Waals surface area (Å²) in [5, 5.41) is 10.0. The van der Waals surface area contributed by atoms with Crippen molar-refractivity contribution in [1.82, 2.24) is 0 Å². The van der Waals surface area contributed by atoms with Gasteiger partial charge in [0.25, 0.3) is 0 Å². The number of fused-ring (bicyclic) bond motifs is 2. The number of hydrogen-bond donors (Lipinski definition) is 2. The minimum atomic E-state index is -0.299. The molecule has 5 aromatic carbocycles. The molecular weight excluding hydrogens is 476 g/mol. The summed E-state index contributed by atoms with van der Waals surface area (Å²) in [6, 6.07) is 29.3. The van der Waals surface area contributed by atoms with E-state index in [4.69, 9.17) is 14.2 Å². The highest BCUT2D eigenvalue weighted by Crippen LogP contribution is 2.34. The number of para-hydroxylation sites is 1. The van der Waals surface area contributed by atoms with Crippen LogP contribution in [0, 0.1) is 6.92 Å². The van der Waals surface area contributed by atoms with E-state index < -0.39 is 0 Å². The SMILES string of the molecule is COc1cccc(CCOc2ccc(NC(=O)Nc3cc4ccccc4cc3C)c3ccccc23)c1OC. The van der Waals surface area contributed by atoms with Crippen molar-refractivity contribution in [1.29, 1.82) is 0 Å². The number of ether oxygens (including phenoxy) is 3. The summed E-state index contributed by atoms with van der Waals surface area (Å²) in [6.07, 6.45) is 0.655. The number of methoxy groups -OCH3 is 2. The first kappa shape index (κ1) is 25.0. The van der Waals surface area contributed by atoms with Crippen LogP contribution in [0.15, 0.2) is 91.0 Å². The number of rotatable bonds is 8. The first-order valence-electron chi connectivity index (χ1n) is 12.5. The Bertz CT molecular complexity index is 1610.